The molecule has 0 atom stereocenters. The van der Waals surface area contributed by atoms with E-state index in [1.54, 1.807) is 0 Å². The number of ketones is 1. The third kappa shape index (κ3) is 19.5. The monoisotopic (exact) mass is 524 g/mol. The normalized spacial score (nSPS) is 12.0. The van der Waals surface area contributed by atoms with Crippen LogP contribution >= 0.6 is 0 Å². The number of carbonyl (C=O) groups is 3. The van der Waals surface area contributed by atoms with Gasteiger partial charge in [0.15, 0.2) is 8.32 Å². The molecule has 0 saturated carbocycles. The van der Waals surface area contributed by atoms with Gasteiger partial charge in [-0.2, -0.15) is 0 Å². The summed E-state index contributed by atoms with van der Waals surface area (Å²) in [4.78, 5) is 32.5. The summed E-state index contributed by atoms with van der Waals surface area (Å²) in [5.74, 6) is -3.21. The standard InChI is InChI=1S/C23H44O11Si/c1-23(2,3)35(4,5)34-19-17-32-15-13-30-11-9-28-8-10-29-12-14-31-16-18-33-21(25)7-6-20(24)22(26)27/h6-19H2,1-5H3,(H,26,27). The number of carbonyl (C=O) groups excluding carboxylic acids is 2. The van der Waals surface area contributed by atoms with Crippen LogP contribution in [0.3, 0.4) is 0 Å². The average Bonchev–Trinajstić information content (AvgIpc) is 2.78. The van der Waals surface area contributed by atoms with Gasteiger partial charge < -0.3 is 38.0 Å². The highest BCUT2D eigenvalue weighted by Gasteiger charge is 2.36. The first-order valence-corrected chi connectivity index (χ1v) is 14.8. The topological polar surface area (TPSA) is 136 Å². The summed E-state index contributed by atoms with van der Waals surface area (Å²) in [5.41, 5.74) is 0. The lowest BCUT2D eigenvalue weighted by Gasteiger charge is -2.36. The van der Waals surface area contributed by atoms with Crippen LogP contribution in [-0.2, 0) is 47.2 Å². The van der Waals surface area contributed by atoms with Crippen LogP contribution in [0.4, 0.5) is 0 Å². The number of aliphatic carboxylic acids is 1. The minimum atomic E-state index is -1.71. The molecule has 0 saturated heterocycles. The highest BCUT2D eigenvalue weighted by molar-refractivity contribution is 6.74. The summed E-state index contributed by atoms with van der Waals surface area (Å²) in [6, 6.07) is 0. The van der Waals surface area contributed by atoms with E-state index in [2.05, 4.69) is 33.9 Å². The number of ether oxygens (including phenoxy) is 6. The Morgan fingerprint density at radius 3 is 1.37 bits per heavy atom. The largest absolute Gasteiger partial charge is 0.476 e. The van der Waals surface area contributed by atoms with Crippen LogP contribution in [0.5, 0.6) is 0 Å². The van der Waals surface area contributed by atoms with Crippen LogP contribution in [-0.4, -0.2) is 110 Å². The molecule has 0 aromatic carbocycles. The van der Waals surface area contributed by atoms with E-state index in [0.29, 0.717) is 66.1 Å². The maximum absolute atomic E-state index is 11.3. The van der Waals surface area contributed by atoms with E-state index < -0.39 is 26.0 Å². The summed E-state index contributed by atoms with van der Waals surface area (Å²) in [6.45, 7) is 16.0. The SMILES string of the molecule is CC(C)(C)[Si](C)(C)OCCOCCOCCOCCOCCOCCOC(=O)CCC(=O)C(=O)O. The van der Waals surface area contributed by atoms with Crippen LogP contribution in [0.2, 0.25) is 18.1 Å². The Labute approximate surface area is 209 Å². The molecule has 35 heavy (non-hydrogen) atoms. The van der Waals surface area contributed by atoms with Crippen molar-refractivity contribution in [3.63, 3.8) is 0 Å². The molecule has 0 spiro atoms. The minimum absolute atomic E-state index is 0.0267. The second-order valence-corrected chi connectivity index (χ2v) is 13.9. The molecule has 0 aliphatic rings. The van der Waals surface area contributed by atoms with Gasteiger partial charge in [0.25, 0.3) is 0 Å². The van der Waals surface area contributed by atoms with Crippen molar-refractivity contribution in [2.24, 2.45) is 0 Å². The summed E-state index contributed by atoms with van der Waals surface area (Å²) >= 11 is 0. The second kappa shape index (κ2) is 19.7. The van der Waals surface area contributed by atoms with E-state index in [1.807, 2.05) is 0 Å². The van der Waals surface area contributed by atoms with Crippen LogP contribution in [0, 0.1) is 0 Å². The molecular formula is C23H44O11Si. The smallest absolute Gasteiger partial charge is 0.372 e. The van der Waals surface area contributed by atoms with Crippen molar-refractivity contribution in [3.8, 4) is 0 Å². The third-order valence-corrected chi connectivity index (χ3v) is 9.81. The van der Waals surface area contributed by atoms with E-state index in [1.165, 1.54) is 0 Å². The molecular weight excluding hydrogens is 480 g/mol. The van der Waals surface area contributed by atoms with E-state index >= 15 is 0 Å². The fourth-order valence-electron chi connectivity index (χ4n) is 2.16. The van der Waals surface area contributed by atoms with Gasteiger partial charge in [0.05, 0.1) is 79.1 Å². The Morgan fingerprint density at radius 2 is 1.00 bits per heavy atom. The molecule has 11 nitrogen and oxygen atoms in total. The lowest BCUT2D eigenvalue weighted by Crippen LogP contribution is -2.41. The van der Waals surface area contributed by atoms with E-state index in [-0.39, 0.29) is 31.1 Å². The van der Waals surface area contributed by atoms with Gasteiger partial charge in [0.1, 0.15) is 6.61 Å². The second-order valence-electron chi connectivity index (χ2n) is 9.12. The molecule has 0 heterocycles. The molecule has 0 rings (SSSR count). The Balaban J connectivity index is 3.29. The van der Waals surface area contributed by atoms with Crippen LogP contribution in [0.15, 0.2) is 0 Å². The maximum Gasteiger partial charge on any atom is 0.372 e. The molecule has 0 fully saturated rings. The van der Waals surface area contributed by atoms with Crippen molar-refractivity contribution in [2.45, 2.75) is 51.7 Å². The molecule has 0 unspecified atom stereocenters. The summed E-state index contributed by atoms with van der Waals surface area (Å²) in [7, 11) is -1.71. The fraction of sp³-hybridized carbons (Fsp3) is 0.870. The van der Waals surface area contributed by atoms with Gasteiger partial charge in [-0.05, 0) is 18.1 Å². The Hall–Kier alpha value is -1.41. The number of carboxylic acids is 1. The maximum atomic E-state index is 11.3. The summed E-state index contributed by atoms with van der Waals surface area (Å²) < 4.78 is 37.9. The lowest BCUT2D eigenvalue weighted by molar-refractivity contribution is -0.151. The van der Waals surface area contributed by atoms with Gasteiger partial charge in [0, 0.05) is 6.42 Å². The molecule has 0 aromatic heterocycles. The fourth-order valence-corrected chi connectivity index (χ4v) is 3.19. The van der Waals surface area contributed by atoms with Crippen LogP contribution in [0.1, 0.15) is 33.6 Å². The molecule has 0 amide bonds. The molecule has 0 aliphatic carbocycles. The van der Waals surface area contributed by atoms with Gasteiger partial charge in [-0.3, -0.25) is 9.59 Å². The van der Waals surface area contributed by atoms with E-state index in [0.717, 1.165) is 0 Å². The molecule has 0 bridgehead atoms. The zero-order valence-corrected chi connectivity index (χ0v) is 22.9. The zero-order chi connectivity index (χ0) is 26.6. The van der Waals surface area contributed by atoms with Gasteiger partial charge in [0.2, 0.25) is 5.78 Å². The number of hydrogen-bond donors (Lipinski definition) is 1. The lowest BCUT2D eigenvalue weighted by atomic mass is 10.2. The summed E-state index contributed by atoms with van der Waals surface area (Å²) in [6.07, 6.45) is -0.640. The van der Waals surface area contributed by atoms with Crippen molar-refractivity contribution in [1.29, 1.82) is 0 Å². The first kappa shape index (κ1) is 33.6. The van der Waals surface area contributed by atoms with E-state index in [9.17, 15) is 14.4 Å². The Bertz CT molecular complexity index is 591. The van der Waals surface area contributed by atoms with Crippen LogP contribution < -0.4 is 0 Å². The highest BCUT2D eigenvalue weighted by Crippen LogP contribution is 2.36. The Kier molecular flexibility index (Phi) is 18.9. The van der Waals surface area contributed by atoms with Gasteiger partial charge in [-0.25, -0.2) is 4.79 Å². The van der Waals surface area contributed by atoms with Gasteiger partial charge in [-0.15, -0.1) is 0 Å². The number of hydrogen-bond acceptors (Lipinski definition) is 10. The minimum Gasteiger partial charge on any atom is -0.476 e. The molecule has 1 N–H and O–H groups in total. The third-order valence-electron chi connectivity index (χ3n) is 5.27. The Morgan fingerprint density at radius 1 is 0.629 bits per heavy atom. The van der Waals surface area contributed by atoms with Crippen molar-refractivity contribution in [3.05, 3.63) is 0 Å². The predicted octanol–water partition coefficient (Wildman–Crippen LogP) is 2.07. The number of rotatable bonds is 23. The predicted molar refractivity (Wildman–Crippen MR) is 130 cm³/mol. The molecule has 0 aromatic rings. The van der Waals surface area contributed by atoms with Crippen molar-refractivity contribution in [2.75, 3.05) is 79.3 Å². The summed E-state index contributed by atoms with van der Waals surface area (Å²) in [5, 5.41) is 8.61. The highest BCUT2D eigenvalue weighted by atomic mass is 28.4. The van der Waals surface area contributed by atoms with Gasteiger partial charge in [-0.1, -0.05) is 20.8 Å². The number of esters is 1. The molecule has 206 valence electrons. The zero-order valence-electron chi connectivity index (χ0n) is 21.9. The first-order chi connectivity index (χ1) is 16.5. The van der Waals surface area contributed by atoms with Crippen LogP contribution in [0.25, 0.3) is 0 Å². The molecule has 12 heteroatoms. The quantitative estimate of drug-likeness (QED) is 0.0910. The van der Waals surface area contributed by atoms with Crippen molar-refractivity contribution < 1.29 is 52.3 Å². The molecule has 0 radical (unpaired) electrons. The molecule has 0 aliphatic heterocycles. The van der Waals surface area contributed by atoms with E-state index in [4.69, 9.17) is 38.0 Å². The number of Topliss-reactive ketones (excluding diaryl/α,β-unsaturated/α-hetero) is 1. The average molecular weight is 525 g/mol. The van der Waals surface area contributed by atoms with Gasteiger partial charge >= 0.3 is 11.9 Å². The number of carboxylic acid groups (broad SMARTS) is 1. The van der Waals surface area contributed by atoms with Crippen molar-refractivity contribution >= 4 is 26.0 Å². The first-order valence-electron chi connectivity index (χ1n) is 11.9. The van der Waals surface area contributed by atoms with Crippen molar-refractivity contribution in [1.82, 2.24) is 0 Å².